The fourth-order valence-corrected chi connectivity index (χ4v) is 4.01. The molecule has 4 amide bonds. The summed E-state index contributed by atoms with van der Waals surface area (Å²) < 4.78 is 12.1. The zero-order valence-electron chi connectivity index (χ0n) is 18.6. The number of fused-ring (bicyclic) bond motifs is 2. The summed E-state index contributed by atoms with van der Waals surface area (Å²) in [7, 11) is 1.76. The van der Waals surface area contributed by atoms with Crippen LogP contribution in [0.25, 0.3) is 0 Å². The molecule has 2 heterocycles. The van der Waals surface area contributed by atoms with Gasteiger partial charge in [0.15, 0.2) is 0 Å². The molecule has 1 saturated heterocycles. The van der Waals surface area contributed by atoms with Gasteiger partial charge in [0, 0.05) is 25.3 Å². The average molecular weight is 433 g/mol. The lowest BCUT2D eigenvalue weighted by atomic mass is 9.94. The third-order valence-electron chi connectivity index (χ3n) is 5.48. The molecule has 0 saturated carbocycles. The highest BCUT2D eigenvalue weighted by Crippen LogP contribution is 2.32. The van der Waals surface area contributed by atoms with Crippen molar-refractivity contribution in [2.75, 3.05) is 25.5 Å². The van der Waals surface area contributed by atoms with Crippen LogP contribution in [-0.2, 0) is 9.53 Å². The third-order valence-corrected chi connectivity index (χ3v) is 5.48. The van der Waals surface area contributed by atoms with Crippen molar-refractivity contribution in [3.05, 3.63) is 23.8 Å². The van der Waals surface area contributed by atoms with Crippen LogP contribution in [-0.4, -0.2) is 67.2 Å². The molecule has 0 unspecified atom stereocenters. The quantitative estimate of drug-likeness (QED) is 0.660. The SMILES string of the molecule is CCNC(=O)C[C@@H]1CC[C@@H]2[C@@H](COc3ccc(NC(=O)NC(C)C)cc3C(=O)N2C)O1. The van der Waals surface area contributed by atoms with Gasteiger partial charge in [-0.2, -0.15) is 0 Å². The molecule has 9 heteroatoms. The number of rotatable bonds is 5. The van der Waals surface area contributed by atoms with E-state index in [1.807, 2.05) is 20.8 Å². The summed E-state index contributed by atoms with van der Waals surface area (Å²) in [6.45, 7) is 6.49. The van der Waals surface area contributed by atoms with Crippen LogP contribution >= 0.6 is 0 Å². The summed E-state index contributed by atoms with van der Waals surface area (Å²) in [5, 5.41) is 8.30. The summed E-state index contributed by atoms with van der Waals surface area (Å²) in [5.41, 5.74) is 0.911. The molecule has 0 radical (unpaired) electrons. The van der Waals surface area contributed by atoms with Gasteiger partial charge in [-0.25, -0.2) is 4.79 Å². The van der Waals surface area contributed by atoms with Gasteiger partial charge in [0.1, 0.15) is 18.5 Å². The van der Waals surface area contributed by atoms with E-state index in [-0.39, 0.29) is 48.7 Å². The lowest BCUT2D eigenvalue weighted by Crippen LogP contribution is -2.54. The fourth-order valence-electron chi connectivity index (χ4n) is 4.01. The van der Waals surface area contributed by atoms with E-state index in [1.54, 1.807) is 30.1 Å². The van der Waals surface area contributed by atoms with E-state index in [1.165, 1.54) is 0 Å². The summed E-state index contributed by atoms with van der Waals surface area (Å²) in [6.07, 6.45) is 1.22. The normalized spacial score (nSPS) is 23.1. The number of carbonyl (C=O) groups is 3. The molecular weight excluding hydrogens is 400 g/mol. The Hall–Kier alpha value is -2.81. The number of benzene rings is 1. The first-order valence-corrected chi connectivity index (χ1v) is 10.8. The molecule has 0 bridgehead atoms. The minimum Gasteiger partial charge on any atom is -0.490 e. The average Bonchev–Trinajstić information content (AvgIpc) is 2.70. The molecule has 0 spiro atoms. The highest BCUT2D eigenvalue weighted by Gasteiger charge is 2.39. The zero-order chi connectivity index (χ0) is 22.5. The van der Waals surface area contributed by atoms with Gasteiger partial charge in [0.2, 0.25) is 5.91 Å². The van der Waals surface area contributed by atoms with E-state index in [0.717, 1.165) is 6.42 Å². The number of likely N-dealkylation sites (N-methyl/N-ethyl adjacent to an activating group) is 1. The first kappa shape index (κ1) is 22.9. The van der Waals surface area contributed by atoms with Crippen molar-refractivity contribution in [1.29, 1.82) is 0 Å². The number of hydrogen-bond donors (Lipinski definition) is 3. The number of amides is 4. The van der Waals surface area contributed by atoms with Gasteiger partial charge in [-0.1, -0.05) is 0 Å². The molecule has 3 rings (SSSR count). The predicted octanol–water partition coefficient (Wildman–Crippen LogP) is 2.12. The number of hydrogen-bond acceptors (Lipinski definition) is 5. The van der Waals surface area contributed by atoms with Gasteiger partial charge >= 0.3 is 6.03 Å². The molecule has 2 aliphatic heterocycles. The highest BCUT2D eigenvalue weighted by molar-refractivity contribution is 5.99. The predicted molar refractivity (Wildman–Crippen MR) is 116 cm³/mol. The van der Waals surface area contributed by atoms with E-state index in [9.17, 15) is 14.4 Å². The summed E-state index contributed by atoms with van der Waals surface area (Å²) in [5.74, 6) is 0.219. The summed E-state index contributed by atoms with van der Waals surface area (Å²) in [4.78, 5) is 38.8. The number of anilines is 1. The summed E-state index contributed by atoms with van der Waals surface area (Å²) in [6, 6.07) is 4.54. The molecule has 0 aliphatic carbocycles. The Balaban J connectivity index is 1.73. The van der Waals surface area contributed by atoms with Crippen LogP contribution < -0.4 is 20.7 Å². The molecular formula is C22H32N4O5. The zero-order valence-corrected chi connectivity index (χ0v) is 18.6. The van der Waals surface area contributed by atoms with E-state index >= 15 is 0 Å². The van der Waals surface area contributed by atoms with Gasteiger partial charge in [0.25, 0.3) is 5.91 Å². The molecule has 2 aliphatic rings. The van der Waals surface area contributed by atoms with Crippen molar-refractivity contribution >= 4 is 23.5 Å². The van der Waals surface area contributed by atoms with Gasteiger partial charge in [-0.3, -0.25) is 9.59 Å². The van der Waals surface area contributed by atoms with Crippen molar-refractivity contribution in [2.45, 2.75) is 64.3 Å². The minimum absolute atomic E-state index is 0.000506. The molecule has 3 N–H and O–H groups in total. The maximum Gasteiger partial charge on any atom is 0.319 e. The Bertz CT molecular complexity index is 828. The van der Waals surface area contributed by atoms with E-state index < -0.39 is 0 Å². The maximum atomic E-state index is 13.2. The van der Waals surface area contributed by atoms with Crippen molar-refractivity contribution in [1.82, 2.24) is 15.5 Å². The fraction of sp³-hybridized carbons (Fsp3) is 0.591. The first-order chi connectivity index (χ1) is 14.8. The first-order valence-electron chi connectivity index (χ1n) is 10.8. The van der Waals surface area contributed by atoms with E-state index in [2.05, 4.69) is 16.0 Å². The molecule has 9 nitrogen and oxygen atoms in total. The Morgan fingerprint density at radius 2 is 2.03 bits per heavy atom. The number of nitrogens with zero attached hydrogens (tertiary/aromatic N) is 1. The summed E-state index contributed by atoms with van der Waals surface area (Å²) >= 11 is 0. The van der Waals surface area contributed by atoms with E-state index in [4.69, 9.17) is 9.47 Å². The lowest BCUT2D eigenvalue weighted by Gasteiger charge is -2.42. The second-order valence-corrected chi connectivity index (χ2v) is 8.29. The number of urea groups is 1. The maximum absolute atomic E-state index is 13.2. The van der Waals surface area contributed by atoms with Gasteiger partial charge in [0.05, 0.1) is 24.1 Å². The lowest BCUT2D eigenvalue weighted by molar-refractivity contribution is -0.133. The monoisotopic (exact) mass is 432 g/mol. The molecule has 3 atom stereocenters. The van der Waals surface area contributed by atoms with Crippen molar-refractivity contribution in [2.24, 2.45) is 0 Å². The number of ether oxygens (including phenoxy) is 2. The van der Waals surface area contributed by atoms with Gasteiger partial charge in [-0.15, -0.1) is 0 Å². The molecule has 1 aromatic carbocycles. The Morgan fingerprint density at radius 3 is 2.74 bits per heavy atom. The number of nitrogens with one attached hydrogen (secondary N) is 3. The van der Waals surface area contributed by atoms with Crippen LogP contribution in [0.2, 0.25) is 0 Å². The second-order valence-electron chi connectivity index (χ2n) is 8.29. The third kappa shape index (κ3) is 5.66. The van der Waals surface area contributed by atoms with Crippen molar-refractivity contribution < 1.29 is 23.9 Å². The Labute approximate surface area is 182 Å². The smallest absolute Gasteiger partial charge is 0.319 e. The second kappa shape index (κ2) is 10.00. The minimum atomic E-state index is -0.332. The standard InChI is InChI=1S/C22H32N4O5/c1-5-23-20(27)11-15-7-8-17-19(31-15)12-30-18-9-6-14(25-22(29)24-13(2)3)10-16(18)21(28)26(17)4/h6,9-10,13,15,17,19H,5,7-8,11-12H2,1-4H3,(H,23,27)(H2,24,25,29)/t15-,17+,19+/m0/s1. The van der Waals surface area contributed by atoms with Crippen molar-refractivity contribution in [3.63, 3.8) is 0 Å². The molecule has 0 aromatic heterocycles. The molecule has 170 valence electrons. The molecule has 31 heavy (non-hydrogen) atoms. The Morgan fingerprint density at radius 1 is 1.26 bits per heavy atom. The van der Waals surface area contributed by atoms with Crippen LogP contribution in [0.15, 0.2) is 18.2 Å². The van der Waals surface area contributed by atoms with Crippen LogP contribution in [0.3, 0.4) is 0 Å². The van der Waals surface area contributed by atoms with E-state index in [0.29, 0.717) is 36.4 Å². The van der Waals surface area contributed by atoms with Crippen LogP contribution in [0.5, 0.6) is 5.75 Å². The largest absolute Gasteiger partial charge is 0.490 e. The molecule has 1 fully saturated rings. The van der Waals surface area contributed by atoms with Crippen LogP contribution in [0.1, 0.15) is 50.4 Å². The van der Waals surface area contributed by atoms with Crippen LogP contribution in [0.4, 0.5) is 10.5 Å². The highest BCUT2D eigenvalue weighted by atomic mass is 16.5. The topological polar surface area (TPSA) is 109 Å². The Kier molecular flexibility index (Phi) is 7.37. The van der Waals surface area contributed by atoms with Crippen molar-refractivity contribution in [3.8, 4) is 5.75 Å². The van der Waals surface area contributed by atoms with Crippen LogP contribution in [0, 0.1) is 0 Å². The number of carbonyl (C=O) groups excluding carboxylic acids is 3. The van der Waals surface area contributed by atoms with Gasteiger partial charge in [-0.05, 0) is 51.8 Å². The molecule has 1 aromatic rings. The van der Waals surface area contributed by atoms with Gasteiger partial charge < -0.3 is 30.3 Å².